The third kappa shape index (κ3) is 9.04. The summed E-state index contributed by atoms with van der Waals surface area (Å²) in [7, 11) is 0. The fraction of sp³-hybridized carbons (Fsp3) is 0.526. The summed E-state index contributed by atoms with van der Waals surface area (Å²) in [4.78, 5) is 0. The van der Waals surface area contributed by atoms with Crippen LogP contribution in [-0.4, -0.2) is 25.0 Å². The van der Waals surface area contributed by atoms with E-state index in [4.69, 9.17) is 14.0 Å². The van der Waals surface area contributed by atoms with E-state index in [0.29, 0.717) is 0 Å². The molecule has 128 valence electrons. The van der Waals surface area contributed by atoms with Crippen LogP contribution in [0.4, 0.5) is 0 Å². The van der Waals surface area contributed by atoms with Gasteiger partial charge in [-0.3, -0.25) is 0 Å². The van der Waals surface area contributed by atoms with Crippen LogP contribution in [0.2, 0.25) is 0 Å². The molecule has 1 heterocycles. The van der Waals surface area contributed by atoms with E-state index in [1.807, 2.05) is 57.2 Å². The van der Waals surface area contributed by atoms with E-state index in [-0.39, 0.29) is 0 Å². The van der Waals surface area contributed by atoms with Crippen molar-refractivity contribution < 1.29 is 14.0 Å². The Kier molecular flexibility index (Phi) is 10.6. The molecule has 0 spiro atoms. The third-order valence-corrected chi connectivity index (χ3v) is 3.09. The molecule has 0 aliphatic heterocycles. The van der Waals surface area contributed by atoms with E-state index < -0.39 is 0 Å². The van der Waals surface area contributed by atoms with Crippen molar-refractivity contribution in [2.75, 3.05) is 19.8 Å². The number of aryl methyl sites for hydroxylation is 2. The summed E-state index contributed by atoms with van der Waals surface area (Å²) in [5.41, 5.74) is 1.01. The minimum absolute atomic E-state index is 0.742. The minimum Gasteiger partial charge on any atom is -0.494 e. The fourth-order valence-corrected chi connectivity index (χ4v) is 2.01. The molecular formula is C19H29NO3. The monoisotopic (exact) mass is 319 g/mol. The van der Waals surface area contributed by atoms with Crippen LogP contribution in [0.3, 0.4) is 0 Å². The number of aromatic nitrogens is 1. The van der Waals surface area contributed by atoms with Crippen molar-refractivity contribution in [2.24, 2.45) is 0 Å². The van der Waals surface area contributed by atoms with Crippen LogP contribution in [0.15, 0.2) is 40.9 Å². The van der Waals surface area contributed by atoms with Gasteiger partial charge in [0.05, 0.1) is 12.3 Å². The molecule has 0 aliphatic rings. The van der Waals surface area contributed by atoms with Gasteiger partial charge in [-0.05, 0) is 44.7 Å². The van der Waals surface area contributed by atoms with Gasteiger partial charge in [0.2, 0.25) is 0 Å². The summed E-state index contributed by atoms with van der Waals surface area (Å²) < 4.78 is 16.2. The third-order valence-electron chi connectivity index (χ3n) is 3.09. The number of hydrogen-bond acceptors (Lipinski definition) is 4. The topological polar surface area (TPSA) is 44.5 Å². The van der Waals surface area contributed by atoms with Crippen molar-refractivity contribution in [3.63, 3.8) is 0 Å². The van der Waals surface area contributed by atoms with Gasteiger partial charge in [-0.15, -0.1) is 0 Å². The second kappa shape index (κ2) is 12.7. The van der Waals surface area contributed by atoms with E-state index in [0.717, 1.165) is 62.7 Å². The van der Waals surface area contributed by atoms with Gasteiger partial charge in [0.1, 0.15) is 11.5 Å². The van der Waals surface area contributed by atoms with Crippen LogP contribution >= 0.6 is 0 Å². The fourth-order valence-electron chi connectivity index (χ4n) is 2.01. The van der Waals surface area contributed by atoms with E-state index in [9.17, 15) is 0 Å². The second-order valence-corrected chi connectivity index (χ2v) is 5.01. The largest absolute Gasteiger partial charge is 0.494 e. The Balaban J connectivity index is 0.00000127. The summed E-state index contributed by atoms with van der Waals surface area (Å²) >= 11 is 0. The minimum atomic E-state index is 0.742. The Morgan fingerprint density at radius 2 is 1.65 bits per heavy atom. The lowest BCUT2D eigenvalue weighted by Gasteiger charge is -2.06. The molecule has 0 amide bonds. The molecule has 4 nitrogen and oxygen atoms in total. The molecule has 0 N–H and O–H groups in total. The standard InChI is InChI=1S/C17H23NO3.C2H6/c1-15-14-16(18-21-15)8-7-12-19-11-5-6-13-20-17-9-3-2-4-10-17;1-2/h2-4,9-10,14H,5-8,11-13H2,1H3;1-2H3. The number of nitrogens with zero attached hydrogens (tertiary/aromatic N) is 1. The number of rotatable bonds is 10. The van der Waals surface area contributed by atoms with Crippen LogP contribution < -0.4 is 4.74 Å². The van der Waals surface area contributed by atoms with Crippen molar-refractivity contribution in [2.45, 2.75) is 46.5 Å². The summed E-state index contributed by atoms with van der Waals surface area (Å²) in [6.45, 7) is 8.21. The molecule has 1 aromatic carbocycles. The number of para-hydroxylation sites is 1. The average Bonchev–Trinajstić information content (AvgIpc) is 3.01. The highest BCUT2D eigenvalue weighted by Gasteiger charge is 1.99. The van der Waals surface area contributed by atoms with Gasteiger partial charge in [-0.2, -0.15) is 0 Å². The number of benzene rings is 1. The number of unbranched alkanes of at least 4 members (excludes halogenated alkanes) is 1. The smallest absolute Gasteiger partial charge is 0.133 e. The van der Waals surface area contributed by atoms with Crippen molar-refractivity contribution in [1.29, 1.82) is 0 Å². The van der Waals surface area contributed by atoms with Gasteiger partial charge in [-0.1, -0.05) is 37.2 Å². The highest BCUT2D eigenvalue weighted by molar-refractivity contribution is 5.20. The van der Waals surface area contributed by atoms with Crippen molar-refractivity contribution >= 4 is 0 Å². The zero-order chi connectivity index (χ0) is 16.8. The van der Waals surface area contributed by atoms with Crippen LogP contribution in [0.5, 0.6) is 5.75 Å². The summed E-state index contributed by atoms with van der Waals surface area (Å²) in [6, 6.07) is 11.9. The van der Waals surface area contributed by atoms with Gasteiger partial charge in [0.25, 0.3) is 0 Å². The predicted octanol–water partition coefficient (Wildman–Crippen LogP) is 4.82. The van der Waals surface area contributed by atoms with Gasteiger partial charge in [-0.25, -0.2) is 0 Å². The highest BCUT2D eigenvalue weighted by Crippen LogP contribution is 2.09. The lowest BCUT2D eigenvalue weighted by molar-refractivity contribution is 0.124. The van der Waals surface area contributed by atoms with Crippen molar-refractivity contribution in [3.8, 4) is 5.75 Å². The summed E-state index contributed by atoms with van der Waals surface area (Å²) in [6.07, 6.45) is 3.92. The molecule has 0 radical (unpaired) electrons. The SMILES string of the molecule is CC.Cc1cc(CCCOCCCCOc2ccccc2)no1. The van der Waals surface area contributed by atoms with Crippen molar-refractivity contribution in [1.82, 2.24) is 5.16 Å². The van der Waals surface area contributed by atoms with Gasteiger partial charge >= 0.3 is 0 Å². The molecule has 0 unspecified atom stereocenters. The van der Waals surface area contributed by atoms with Crippen molar-refractivity contribution in [3.05, 3.63) is 47.9 Å². The first-order chi connectivity index (χ1) is 11.3. The highest BCUT2D eigenvalue weighted by atomic mass is 16.5. The molecule has 0 aliphatic carbocycles. The Labute approximate surface area is 139 Å². The molecule has 0 fully saturated rings. The summed E-state index contributed by atoms with van der Waals surface area (Å²) in [5.74, 6) is 1.80. The Morgan fingerprint density at radius 1 is 0.957 bits per heavy atom. The zero-order valence-corrected chi connectivity index (χ0v) is 14.6. The number of hydrogen-bond donors (Lipinski definition) is 0. The average molecular weight is 319 g/mol. The van der Waals surface area contributed by atoms with Crippen LogP contribution in [0.25, 0.3) is 0 Å². The molecule has 2 aromatic rings. The maximum absolute atomic E-state index is 5.62. The molecule has 4 heteroatoms. The van der Waals surface area contributed by atoms with Crippen LogP contribution in [0, 0.1) is 6.92 Å². The lowest BCUT2D eigenvalue weighted by Crippen LogP contribution is -2.02. The Hall–Kier alpha value is -1.81. The molecule has 2 rings (SSSR count). The maximum Gasteiger partial charge on any atom is 0.133 e. The molecule has 1 aromatic heterocycles. The predicted molar refractivity (Wildman–Crippen MR) is 92.9 cm³/mol. The molecule has 23 heavy (non-hydrogen) atoms. The van der Waals surface area contributed by atoms with Crippen LogP contribution in [0.1, 0.15) is 44.6 Å². The quantitative estimate of drug-likeness (QED) is 0.589. The van der Waals surface area contributed by atoms with E-state index >= 15 is 0 Å². The molecule has 0 saturated carbocycles. The Bertz CT molecular complexity index is 496. The first-order valence-corrected chi connectivity index (χ1v) is 8.52. The van der Waals surface area contributed by atoms with Gasteiger partial charge < -0.3 is 14.0 Å². The number of ether oxygens (including phenoxy) is 2. The zero-order valence-electron chi connectivity index (χ0n) is 14.6. The molecular weight excluding hydrogens is 290 g/mol. The Morgan fingerprint density at radius 3 is 2.35 bits per heavy atom. The maximum atomic E-state index is 5.62. The molecule has 0 saturated heterocycles. The van der Waals surface area contributed by atoms with E-state index in [2.05, 4.69) is 5.16 Å². The van der Waals surface area contributed by atoms with Crippen LogP contribution in [-0.2, 0) is 11.2 Å². The molecule has 0 atom stereocenters. The lowest BCUT2D eigenvalue weighted by atomic mass is 10.2. The van der Waals surface area contributed by atoms with E-state index in [1.54, 1.807) is 0 Å². The first-order valence-electron chi connectivity index (χ1n) is 8.52. The van der Waals surface area contributed by atoms with Gasteiger partial charge in [0.15, 0.2) is 0 Å². The first kappa shape index (κ1) is 19.2. The van der Waals surface area contributed by atoms with Gasteiger partial charge in [0, 0.05) is 19.3 Å². The normalized spacial score (nSPS) is 10.0. The van der Waals surface area contributed by atoms with E-state index in [1.165, 1.54) is 0 Å². The summed E-state index contributed by atoms with van der Waals surface area (Å²) in [5, 5.41) is 3.96. The second-order valence-electron chi connectivity index (χ2n) is 5.01. The molecule has 0 bridgehead atoms.